The largest absolute Gasteiger partial charge is 0.383 e. The number of hydrogen-bond acceptors (Lipinski definition) is 5. The Kier molecular flexibility index (Phi) is 3.06. The third kappa shape index (κ3) is 2.43. The summed E-state index contributed by atoms with van der Waals surface area (Å²) in [5.74, 6) is 1.45. The zero-order chi connectivity index (χ0) is 15.0. The highest BCUT2D eigenvalue weighted by Gasteiger charge is 2.08. The summed E-state index contributed by atoms with van der Waals surface area (Å²) in [5.41, 5.74) is 6.84. The molecule has 0 atom stereocenters. The van der Waals surface area contributed by atoms with Crippen LogP contribution in [0, 0.1) is 6.92 Å². The van der Waals surface area contributed by atoms with Gasteiger partial charge in [-0.3, -0.25) is 4.79 Å². The van der Waals surface area contributed by atoms with Crippen molar-refractivity contribution in [2.45, 2.75) is 6.92 Å². The zero-order valence-electron chi connectivity index (χ0n) is 11.8. The van der Waals surface area contributed by atoms with E-state index in [2.05, 4.69) is 15.3 Å². The number of aromatic nitrogens is 3. The van der Waals surface area contributed by atoms with Gasteiger partial charge in [0.1, 0.15) is 17.5 Å². The van der Waals surface area contributed by atoms with Gasteiger partial charge in [0.2, 0.25) is 0 Å². The van der Waals surface area contributed by atoms with Gasteiger partial charge in [0, 0.05) is 19.4 Å². The molecule has 0 saturated heterocycles. The molecule has 0 amide bonds. The number of rotatable bonds is 2. The van der Waals surface area contributed by atoms with Crippen molar-refractivity contribution in [3.8, 4) is 0 Å². The number of fused-ring (bicyclic) bond motifs is 1. The second-order valence-corrected chi connectivity index (χ2v) is 4.93. The van der Waals surface area contributed by atoms with Gasteiger partial charge >= 0.3 is 0 Å². The van der Waals surface area contributed by atoms with Crippen LogP contribution in [0.2, 0.25) is 0 Å². The SMILES string of the molecule is Cc1ccc(Nc2cc3ccn(C)c(=O)c3c(N)n2)nc1. The van der Waals surface area contributed by atoms with Crippen LogP contribution in [0.25, 0.3) is 10.8 Å². The summed E-state index contributed by atoms with van der Waals surface area (Å²) in [4.78, 5) is 20.6. The first kappa shape index (κ1) is 13.1. The molecule has 0 spiro atoms. The van der Waals surface area contributed by atoms with Crippen LogP contribution >= 0.6 is 0 Å². The van der Waals surface area contributed by atoms with Crippen LogP contribution in [0.1, 0.15) is 5.56 Å². The van der Waals surface area contributed by atoms with Crippen molar-refractivity contribution in [2.24, 2.45) is 7.05 Å². The monoisotopic (exact) mass is 281 g/mol. The Hall–Kier alpha value is -2.89. The Balaban J connectivity index is 2.07. The number of pyridine rings is 3. The molecule has 0 aliphatic rings. The molecule has 0 aliphatic carbocycles. The van der Waals surface area contributed by atoms with Gasteiger partial charge in [0.25, 0.3) is 5.56 Å². The summed E-state index contributed by atoms with van der Waals surface area (Å²) in [6, 6.07) is 7.44. The molecule has 3 aromatic rings. The van der Waals surface area contributed by atoms with Crippen molar-refractivity contribution in [1.82, 2.24) is 14.5 Å². The van der Waals surface area contributed by atoms with Crippen molar-refractivity contribution in [3.05, 3.63) is 52.6 Å². The highest BCUT2D eigenvalue weighted by molar-refractivity contribution is 5.92. The fourth-order valence-corrected chi connectivity index (χ4v) is 2.12. The lowest BCUT2D eigenvalue weighted by atomic mass is 10.2. The lowest BCUT2D eigenvalue weighted by Crippen LogP contribution is -2.17. The Morgan fingerprint density at radius 2 is 2.05 bits per heavy atom. The van der Waals surface area contributed by atoms with E-state index in [9.17, 15) is 4.79 Å². The molecule has 3 aromatic heterocycles. The second-order valence-electron chi connectivity index (χ2n) is 4.93. The maximum Gasteiger partial charge on any atom is 0.261 e. The normalized spacial score (nSPS) is 10.8. The summed E-state index contributed by atoms with van der Waals surface area (Å²) >= 11 is 0. The van der Waals surface area contributed by atoms with Crippen LogP contribution in [0.4, 0.5) is 17.5 Å². The second kappa shape index (κ2) is 4.90. The van der Waals surface area contributed by atoms with E-state index in [0.717, 1.165) is 10.9 Å². The third-order valence-electron chi connectivity index (χ3n) is 3.26. The number of nitrogens with one attached hydrogen (secondary N) is 1. The van der Waals surface area contributed by atoms with E-state index in [1.54, 1.807) is 25.5 Å². The molecule has 3 N–H and O–H groups in total. The van der Waals surface area contributed by atoms with Crippen molar-refractivity contribution in [3.63, 3.8) is 0 Å². The van der Waals surface area contributed by atoms with Crippen LogP contribution in [-0.4, -0.2) is 14.5 Å². The van der Waals surface area contributed by atoms with Crippen molar-refractivity contribution in [1.29, 1.82) is 0 Å². The van der Waals surface area contributed by atoms with E-state index in [-0.39, 0.29) is 11.4 Å². The molecule has 0 bridgehead atoms. The molecule has 0 fully saturated rings. The molecule has 21 heavy (non-hydrogen) atoms. The molecule has 6 nitrogen and oxygen atoms in total. The van der Waals surface area contributed by atoms with Gasteiger partial charge in [-0.25, -0.2) is 9.97 Å². The number of nitrogen functional groups attached to an aromatic ring is 1. The Morgan fingerprint density at radius 3 is 2.76 bits per heavy atom. The number of anilines is 3. The lowest BCUT2D eigenvalue weighted by molar-refractivity contribution is 0.873. The number of nitrogens with zero attached hydrogens (tertiary/aromatic N) is 3. The Bertz CT molecular complexity index is 868. The first-order valence-electron chi connectivity index (χ1n) is 6.50. The van der Waals surface area contributed by atoms with Crippen LogP contribution in [-0.2, 0) is 7.05 Å². The zero-order valence-corrected chi connectivity index (χ0v) is 11.8. The van der Waals surface area contributed by atoms with Crippen LogP contribution < -0.4 is 16.6 Å². The van der Waals surface area contributed by atoms with E-state index in [1.165, 1.54) is 4.57 Å². The quantitative estimate of drug-likeness (QED) is 0.750. The summed E-state index contributed by atoms with van der Waals surface area (Å²) in [6.07, 6.45) is 3.47. The smallest absolute Gasteiger partial charge is 0.261 e. The summed E-state index contributed by atoms with van der Waals surface area (Å²) in [7, 11) is 1.68. The summed E-state index contributed by atoms with van der Waals surface area (Å²) in [6.45, 7) is 1.97. The highest BCUT2D eigenvalue weighted by Crippen LogP contribution is 2.21. The minimum absolute atomic E-state index is 0.155. The first-order chi connectivity index (χ1) is 10.0. The van der Waals surface area contributed by atoms with Crippen LogP contribution in [0.3, 0.4) is 0 Å². The number of nitrogens with two attached hydrogens (primary N) is 1. The molecule has 106 valence electrons. The molecule has 0 aromatic carbocycles. The van der Waals surface area contributed by atoms with E-state index < -0.39 is 0 Å². The van der Waals surface area contributed by atoms with Gasteiger partial charge < -0.3 is 15.6 Å². The van der Waals surface area contributed by atoms with Gasteiger partial charge in [-0.05, 0) is 36.1 Å². The van der Waals surface area contributed by atoms with Gasteiger partial charge in [-0.1, -0.05) is 6.07 Å². The predicted molar refractivity (Wildman–Crippen MR) is 83.7 cm³/mol. The van der Waals surface area contributed by atoms with Gasteiger partial charge in [0.15, 0.2) is 0 Å². The molecule has 0 aliphatic heterocycles. The van der Waals surface area contributed by atoms with E-state index in [0.29, 0.717) is 17.0 Å². The standard InChI is InChI=1S/C15H15N5O/c1-9-3-4-11(17-8-9)18-12-7-10-5-6-20(2)15(21)13(10)14(16)19-12/h3-8H,1-2H3,(H3,16,17,18,19). The summed E-state index contributed by atoms with van der Waals surface area (Å²) in [5, 5.41) is 4.27. The van der Waals surface area contributed by atoms with Gasteiger partial charge in [-0.2, -0.15) is 0 Å². The van der Waals surface area contributed by atoms with Crippen molar-refractivity contribution in [2.75, 3.05) is 11.1 Å². The average Bonchev–Trinajstić information content (AvgIpc) is 2.45. The summed E-state index contributed by atoms with van der Waals surface area (Å²) < 4.78 is 1.48. The Labute approximate surface area is 121 Å². The van der Waals surface area contributed by atoms with Crippen molar-refractivity contribution < 1.29 is 0 Å². The molecular formula is C15H15N5O. The molecule has 3 heterocycles. The third-order valence-corrected chi connectivity index (χ3v) is 3.26. The lowest BCUT2D eigenvalue weighted by Gasteiger charge is -2.09. The molecular weight excluding hydrogens is 266 g/mol. The minimum Gasteiger partial charge on any atom is -0.383 e. The minimum atomic E-state index is -0.155. The molecule has 0 radical (unpaired) electrons. The predicted octanol–water partition coefficient (Wildman–Crippen LogP) is 1.96. The van der Waals surface area contributed by atoms with E-state index in [1.807, 2.05) is 25.1 Å². The maximum absolute atomic E-state index is 12.1. The van der Waals surface area contributed by atoms with E-state index in [4.69, 9.17) is 5.73 Å². The molecule has 0 unspecified atom stereocenters. The van der Waals surface area contributed by atoms with Crippen LogP contribution in [0.5, 0.6) is 0 Å². The Morgan fingerprint density at radius 1 is 1.24 bits per heavy atom. The number of aryl methyl sites for hydroxylation is 2. The average molecular weight is 281 g/mol. The van der Waals surface area contributed by atoms with Gasteiger partial charge in [0.05, 0.1) is 5.39 Å². The number of hydrogen-bond donors (Lipinski definition) is 2. The topological polar surface area (TPSA) is 85.8 Å². The molecule has 6 heteroatoms. The molecule has 3 rings (SSSR count). The van der Waals surface area contributed by atoms with E-state index >= 15 is 0 Å². The van der Waals surface area contributed by atoms with Crippen LogP contribution in [0.15, 0.2) is 41.5 Å². The first-order valence-corrected chi connectivity index (χ1v) is 6.50. The van der Waals surface area contributed by atoms with Crippen molar-refractivity contribution >= 4 is 28.2 Å². The van der Waals surface area contributed by atoms with Gasteiger partial charge in [-0.15, -0.1) is 0 Å². The fraction of sp³-hybridized carbons (Fsp3) is 0.133. The highest BCUT2D eigenvalue weighted by atomic mass is 16.1. The fourth-order valence-electron chi connectivity index (χ4n) is 2.12. The molecule has 0 saturated carbocycles. The maximum atomic E-state index is 12.1.